The van der Waals surface area contributed by atoms with Crippen molar-refractivity contribution in [3.63, 3.8) is 0 Å². The standard InChI is InChI=1S/C14H17N3O2/c1-2-7-14(13(18)19)8-4-9-17(14)12-6-3-5-11(10-15)16-12/h3,5-6H,2,4,7-9H2,1H3,(H,18,19). The predicted octanol–water partition coefficient (Wildman–Crippen LogP) is 2.18. The quantitative estimate of drug-likeness (QED) is 0.896. The molecule has 100 valence electrons. The SMILES string of the molecule is CCCC1(C(=O)O)CCCN1c1cccc(C#N)n1. The van der Waals surface area contributed by atoms with E-state index in [1.165, 1.54) is 0 Å². The second kappa shape index (κ2) is 5.27. The summed E-state index contributed by atoms with van der Waals surface area (Å²) in [5.74, 6) is -0.205. The number of aliphatic carboxylic acids is 1. The maximum Gasteiger partial charge on any atom is 0.329 e. The zero-order chi connectivity index (χ0) is 13.9. The van der Waals surface area contributed by atoms with Crippen LogP contribution in [0.4, 0.5) is 5.82 Å². The average molecular weight is 259 g/mol. The van der Waals surface area contributed by atoms with Crippen molar-refractivity contribution in [3.05, 3.63) is 23.9 Å². The van der Waals surface area contributed by atoms with E-state index in [9.17, 15) is 9.90 Å². The normalized spacial score (nSPS) is 22.2. The highest BCUT2D eigenvalue weighted by Gasteiger charge is 2.47. The molecule has 0 amide bonds. The summed E-state index contributed by atoms with van der Waals surface area (Å²) in [6.07, 6.45) is 2.88. The number of carboxylic acids is 1. The van der Waals surface area contributed by atoms with Crippen LogP contribution in [0.1, 0.15) is 38.3 Å². The number of hydrogen-bond acceptors (Lipinski definition) is 4. The van der Waals surface area contributed by atoms with Crippen molar-refractivity contribution in [1.82, 2.24) is 4.98 Å². The van der Waals surface area contributed by atoms with E-state index < -0.39 is 11.5 Å². The van der Waals surface area contributed by atoms with Crippen LogP contribution >= 0.6 is 0 Å². The lowest BCUT2D eigenvalue weighted by Gasteiger charge is -2.35. The third kappa shape index (κ3) is 2.26. The molecule has 2 rings (SSSR count). The van der Waals surface area contributed by atoms with E-state index in [2.05, 4.69) is 4.98 Å². The molecule has 1 aromatic rings. The van der Waals surface area contributed by atoms with Crippen molar-refractivity contribution in [3.8, 4) is 6.07 Å². The maximum absolute atomic E-state index is 11.7. The van der Waals surface area contributed by atoms with E-state index in [-0.39, 0.29) is 0 Å². The average Bonchev–Trinajstić information content (AvgIpc) is 2.84. The first-order chi connectivity index (χ1) is 9.14. The van der Waals surface area contributed by atoms with Gasteiger partial charge in [0.2, 0.25) is 0 Å². The van der Waals surface area contributed by atoms with Crippen LogP contribution in [0.15, 0.2) is 18.2 Å². The van der Waals surface area contributed by atoms with Gasteiger partial charge < -0.3 is 10.0 Å². The van der Waals surface area contributed by atoms with Crippen molar-refractivity contribution in [2.24, 2.45) is 0 Å². The van der Waals surface area contributed by atoms with Crippen LogP contribution in [0.2, 0.25) is 0 Å². The van der Waals surface area contributed by atoms with Gasteiger partial charge in [0, 0.05) is 6.54 Å². The lowest BCUT2D eigenvalue weighted by molar-refractivity contribution is -0.143. The summed E-state index contributed by atoms with van der Waals surface area (Å²) in [7, 11) is 0. The smallest absolute Gasteiger partial charge is 0.329 e. The molecule has 0 aliphatic carbocycles. The minimum absolute atomic E-state index is 0.320. The molecule has 1 atom stereocenters. The Morgan fingerprint density at radius 2 is 2.42 bits per heavy atom. The van der Waals surface area contributed by atoms with Gasteiger partial charge in [-0.05, 0) is 31.4 Å². The van der Waals surface area contributed by atoms with E-state index in [0.717, 1.165) is 12.8 Å². The number of pyridine rings is 1. The third-order valence-corrected chi connectivity index (χ3v) is 3.68. The summed E-state index contributed by atoms with van der Waals surface area (Å²) in [4.78, 5) is 17.8. The van der Waals surface area contributed by atoms with Crippen molar-refractivity contribution < 1.29 is 9.90 Å². The van der Waals surface area contributed by atoms with Crippen molar-refractivity contribution in [2.75, 3.05) is 11.4 Å². The number of carbonyl (C=O) groups is 1. The second-order valence-corrected chi connectivity index (χ2v) is 4.83. The molecule has 0 spiro atoms. The fourth-order valence-corrected chi connectivity index (χ4v) is 2.85. The molecule has 1 aromatic heterocycles. The summed E-state index contributed by atoms with van der Waals surface area (Å²) in [6, 6.07) is 7.15. The van der Waals surface area contributed by atoms with Crippen LogP contribution < -0.4 is 4.90 Å². The largest absolute Gasteiger partial charge is 0.479 e. The highest BCUT2D eigenvalue weighted by molar-refractivity contribution is 5.84. The van der Waals surface area contributed by atoms with Gasteiger partial charge in [0.1, 0.15) is 23.1 Å². The molecule has 1 aliphatic heterocycles. The minimum atomic E-state index is -0.865. The fraction of sp³-hybridized carbons (Fsp3) is 0.500. The Kier molecular flexibility index (Phi) is 3.70. The first-order valence-corrected chi connectivity index (χ1v) is 6.52. The number of aromatic nitrogens is 1. The highest BCUT2D eigenvalue weighted by Crippen LogP contribution is 2.37. The molecule has 5 nitrogen and oxygen atoms in total. The van der Waals surface area contributed by atoms with E-state index >= 15 is 0 Å². The van der Waals surface area contributed by atoms with E-state index in [1.807, 2.05) is 17.9 Å². The van der Waals surface area contributed by atoms with Gasteiger partial charge in [-0.15, -0.1) is 0 Å². The summed E-state index contributed by atoms with van der Waals surface area (Å²) >= 11 is 0. The molecule has 0 saturated carbocycles. The Balaban J connectivity index is 2.41. The Hall–Kier alpha value is -2.09. The van der Waals surface area contributed by atoms with Crippen LogP contribution in [0.25, 0.3) is 0 Å². The zero-order valence-corrected chi connectivity index (χ0v) is 11.0. The molecule has 0 radical (unpaired) electrons. The Morgan fingerprint density at radius 1 is 1.63 bits per heavy atom. The Morgan fingerprint density at radius 3 is 3.05 bits per heavy atom. The number of carboxylic acid groups (broad SMARTS) is 1. The highest BCUT2D eigenvalue weighted by atomic mass is 16.4. The Bertz CT molecular complexity index is 524. The zero-order valence-electron chi connectivity index (χ0n) is 11.0. The van der Waals surface area contributed by atoms with Gasteiger partial charge in [-0.3, -0.25) is 0 Å². The van der Waals surface area contributed by atoms with Crippen LogP contribution in [-0.4, -0.2) is 28.1 Å². The molecule has 1 fully saturated rings. The molecule has 19 heavy (non-hydrogen) atoms. The van der Waals surface area contributed by atoms with Gasteiger partial charge in [0.25, 0.3) is 0 Å². The van der Waals surface area contributed by atoms with Gasteiger partial charge in [-0.25, -0.2) is 9.78 Å². The molecule has 1 saturated heterocycles. The molecule has 2 heterocycles. The summed E-state index contributed by atoms with van der Waals surface area (Å²) in [5.41, 5.74) is -0.546. The lowest BCUT2D eigenvalue weighted by Crippen LogP contribution is -2.51. The monoisotopic (exact) mass is 259 g/mol. The molecular formula is C14H17N3O2. The summed E-state index contributed by atoms with van der Waals surface area (Å²) in [6.45, 7) is 2.66. The molecule has 1 unspecified atom stereocenters. The molecule has 1 aliphatic rings. The molecule has 5 heteroatoms. The Labute approximate surface area is 112 Å². The minimum Gasteiger partial charge on any atom is -0.479 e. The van der Waals surface area contributed by atoms with Crippen molar-refractivity contribution in [1.29, 1.82) is 5.26 Å². The molecule has 0 bridgehead atoms. The van der Waals surface area contributed by atoms with Crippen LogP contribution in [-0.2, 0) is 4.79 Å². The number of nitrogens with zero attached hydrogens (tertiary/aromatic N) is 3. The van der Waals surface area contributed by atoms with Crippen LogP contribution in [0, 0.1) is 11.3 Å². The van der Waals surface area contributed by atoms with E-state index in [4.69, 9.17) is 5.26 Å². The van der Waals surface area contributed by atoms with Gasteiger partial charge in [0.15, 0.2) is 0 Å². The van der Waals surface area contributed by atoms with Crippen LogP contribution in [0.3, 0.4) is 0 Å². The van der Waals surface area contributed by atoms with Crippen molar-refractivity contribution >= 4 is 11.8 Å². The number of anilines is 1. The number of rotatable bonds is 4. The number of nitriles is 1. The van der Waals surface area contributed by atoms with Crippen LogP contribution in [0.5, 0.6) is 0 Å². The van der Waals surface area contributed by atoms with Crippen molar-refractivity contribution in [2.45, 2.75) is 38.1 Å². The third-order valence-electron chi connectivity index (χ3n) is 3.68. The van der Waals surface area contributed by atoms with Gasteiger partial charge in [-0.1, -0.05) is 19.4 Å². The van der Waals surface area contributed by atoms with Gasteiger partial charge in [0.05, 0.1) is 0 Å². The van der Waals surface area contributed by atoms with E-state index in [0.29, 0.717) is 30.9 Å². The summed E-state index contributed by atoms with van der Waals surface area (Å²) in [5, 5.41) is 18.5. The first-order valence-electron chi connectivity index (χ1n) is 6.52. The van der Waals surface area contributed by atoms with E-state index in [1.54, 1.807) is 18.2 Å². The number of hydrogen-bond donors (Lipinski definition) is 1. The van der Waals surface area contributed by atoms with Gasteiger partial charge in [-0.2, -0.15) is 5.26 Å². The molecule has 1 N–H and O–H groups in total. The first kappa shape index (κ1) is 13.3. The lowest BCUT2D eigenvalue weighted by atomic mass is 9.90. The molecular weight excluding hydrogens is 242 g/mol. The topological polar surface area (TPSA) is 77.2 Å². The molecule has 0 aromatic carbocycles. The summed E-state index contributed by atoms with van der Waals surface area (Å²) < 4.78 is 0. The predicted molar refractivity (Wildman–Crippen MR) is 70.8 cm³/mol. The maximum atomic E-state index is 11.7. The second-order valence-electron chi connectivity index (χ2n) is 4.83. The van der Waals surface area contributed by atoms with Gasteiger partial charge >= 0.3 is 5.97 Å². The fourth-order valence-electron chi connectivity index (χ4n) is 2.85.